The van der Waals surface area contributed by atoms with Crippen LogP contribution in [0.2, 0.25) is 0 Å². The van der Waals surface area contributed by atoms with Gasteiger partial charge in [0.15, 0.2) is 0 Å². The molecule has 5 heteroatoms. The first kappa shape index (κ1) is 16.2. The number of rotatable bonds is 6. The average molecular weight is 263 g/mol. The summed E-state index contributed by atoms with van der Waals surface area (Å²) in [7, 11) is 0. The molecule has 0 aliphatic heterocycles. The van der Waals surface area contributed by atoms with Gasteiger partial charge in [-0.25, -0.2) is 0 Å². The molecule has 0 bridgehead atoms. The second-order valence-corrected chi connectivity index (χ2v) is 4.87. The highest BCUT2D eigenvalue weighted by atomic mass is 32.2. The summed E-state index contributed by atoms with van der Waals surface area (Å²) in [6, 6.07) is 0. The van der Waals surface area contributed by atoms with Crippen molar-refractivity contribution in [3.05, 3.63) is 0 Å². The summed E-state index contributed by atoms with van der Waals surface area (Å²) < 4.78 is 0. The molecule has 0 saturated heterocycles. The third-order valence-corrected chi connectivity index (χ3v) is 3.46. The van der Waals surface area contributed by atoms with Gasteiger partial charge in [0.25, 0.3) is 0 Å². The summed E-state index contributed by atoms with van der Waals surface area (Å²) in [5, 5.41) is 0. The number of thiol groups is 4. The van der Waals surface area contributed by atoms with E-state index in [0.717, 1.165) is 40.9 Å². The Kier molecular flexibility index (Phi) is 25.0. The van der Waals surface area contributed by atoms with E-state index in [1.54, 1.807) is 0 Å². The molecule has 0 aromatic carbocycles. The average Bonchev–Trinajstić information content (AvgIpc) is 2.08. The Morgan fingerprint density at radius 3 is 1.25 bits per heavy atom. The van der Waals surface area contributed by atoms with E-state index in [2.05, 4.69) is 50.5 Å². The van der Waals surface area contributed by atoms with Crippen LogP contribution in [0, 0.1) is 0 Å². The molecule has 0 fully saturated rings. The Morgan fingerprint density at radius 1 is 0.667 bits per heavy atom. The molecule has 0 aliphatic rings. The van der Waals surface area contributed by atoms with E-state index >= 15 is 0 Å². The maximum atomic E-state index is 4.05. The van der Waals surface area contributed by atoms with Gasteiger partial charge in [-0.3, -0.25) is 0 Å². The van der Waals surface area contributed by atoms with E-state index in [1.807, 2.05) is 11.8 Å². The van der Waals surface area contributed by atoms with Crippen molar-refractivity contribution in [3.8, 4) is 0 Å². The lowest BCUT2D eigenvalue weighted by Crippen LogP contribution is -1.83. The van der Waals surface area contributed by atoms with Gasteiger partial charge in [-0.05, 0) is 29.4 Å². The molecule has 0 N–H and O–H groups in total. The van der Waals surface area contributed by atoms with Crippen molar-refractivity contribution in [1.29, 1.82) is 0 Å². The van der Waals surface area contributed by atoms with E-state index < -0.39 is 0 Å². The van der Waals surface area contributed by atoms with Gasteiger partial charge < -0.3 is 0 Å². The van der Waals surface area contributed by atoms with Gasteiger partial charge in [0.05, 0.1) is 0 Å². The predicted molar refractivity (Wildman–Crippen MR) is 77.4 cm³/mol. The van der Waals surface area contributed by atoms with Crippen LogP contribution in [0.15, 0.2) is 0 Å². The van der Waals surface area contributed by atoms with Gasteiger partial charge in [0.1, 0.15) is 0 Å². The first-order valence-electron chi connectivity index (χ1n) is 3.84. The van der Waals surface area contributed by atoms with Gasteiger partial charge in [-0.1, -0.05) is 0 Å². The molecule has 0 aromatic rings. The lowest BCUT2D eigenvalue weighted by atomic mass is 10.6. The van der Waals surface area contributed by atoms with Gasteiger partial charge in [-0.2, -0.15) is 62.3 Å². The fourth-order valence-electron chi connectivity index (χ4n) is 0.302. The molecule has 0 rings (SSSR count). The zero-order valence-electron chi connectivity index (χ0n) is 7.15. The summed E-state index contributed by atoms with van der Waals surface area (Å²) in [4.78, 5) is 0. The fraction of sp³-hybridized carbons (Fsp3) is 1.00. The standard InChI is InChI=1S/C4H10S3.C3H8S2/c5-1-3-7-4-2-6;4-2-1-3-5/h5-6H,1-4H2;4-5H,1-3H2. The summed E-state index contributed by atoms with van der Waals surface area (Å²) in [6.45, 7) is 0. The molecule has 0 amide bonds. The van der Waals surface area contributed by atoms with Crippen molar-refractivity contribution in [1.82, 2.24) is 0 Å². The van der Waals surface area contributed by atoms with Crippen LogP contribution in [0.5, 0.6) is 0 Å². The van der Waals surface area contributed by atoms with Crippen molar-refractivity contribution < 1.29 is 0 Å². The largest absolute Gasteiger partial charge is 0.179 e. The van der Waals surface area contributed by atoms with Crippen molar-refractivity contribution in [3.63, 3.8) is 0 Å². The van der Waals surface area contributed by atoms with Crippen LogP contribution < -0.4 is 0 Å². The quantitative estimate of drug-likeness (QED) is 0.422. The molecule has 76 valence electrons. The highest BCUT2D eigenvalue weighted by Gasteiger charge is 1.80. The van der Waals surface area contributed by atoms with Crippen molar-refractivity contribution in [2.75, 3.05) is 34.5 Å². The van der Waals surface area contributed by atoms with Gasteiger partial charge >= 0.3 is 0 Å². The molecule has 0 atom stereocenters. The highest BCUT2D eigenvalue weighted by molar-refractivity contribution is 8.00. The lowest BCUT2D eigenvalue weighted by Gasteiger charge is -1.90. The Morgan fingerprint density at radius 2 is 1.08 bits per heavy atom. The molecule has 0 aromatic heterocycles. The van der Waals surface area contributed by atoms with E-state index in [0.29, 0.717) is 0 Å². The molecule has 0 saturated carbocycles. The normalized spacial score (nSPS) is 9.00. The Bertz CT molecular complexity index is 53.8. The van der Waals surface area contributed by atoms with E-state index in [-0.39, 0.29) is 0 Å². The first-order valence-corrected chi connectivity index (χ1v) is 7.53. The van der Waals surface area contributed by atoms with Gasteiger partial charge in [0, 0.05) is 11.5 Å². The molecule has 0 aliphatic carbocycles. The third kappa shape index (κ3) is 22.6. The van der Waals surface area contributed by atoms with Crippen molar-refractivity contribution in [2.45, 2.75) is 6.42 Å². The summed E-state index contributed by atoms with van der Waals surface area (Å²) >= 11 is 17.9. The van der Waals surface area contributed by atoms with Crippen LogP contribution >= 0.6 is 62.3 Å². The lowest BCUT2D eigenvalue weighted by molar-refractivity contribution is 1.14. The van der Waals surface area contributed by atoms with E-state index in [1.165, 1.54) is 0 Å². The van der Waals surface area contributed by atoms with Crippen LogP contribution in [0.1, 0.15) is 6.42 Å². The van der Waals surface area contributed by atoms with E-state index in [9.17, 15) is 0 Å². The third-order valence-electron chi connectivity index (χ3n) is 0.787. The minimum Gasteiger partial charge on any atom is -0.179 e. The van der Waals surface area contributed by atoms with Crippen LogP contribution in [0.3, 0.4) is 0 Å². The fourth-order valence-corrected chi connectivity index (χ4v) is 2.10. The molecule has 0 spiro atoms. The number of hydrogen-bond acceptors (Lipinski definition) is 5. The van der Waals surface area contributed by atoms with Crippen LogP contribution in [-0.2, 0) is 0 Å². The molecule has 12 heavy (non-hydrogen) atoms. The minimum atomic E-state index is 0.962. The Labute approximate surface area is 103 Å². The zero-order chi connectivity index (χ0) is 9.66. The number of hydrogen-bond donors (Lipinski definition) is 4. The Balaban J connectivity index is 0. The Hall–Kier alpha value is 1.75. The summed E-state index contributed by atoms with van der Waals surface area (Å²) in [5.41, 5.74) is 0. The maximum Gasteiger partial charge on any atom is 0.00213 e. The molecule has 0 radical (unpaired) electrons. The molecular formula is C7H18S5. The molecule has 0 nitrogen and oxygen atoms in total. The van der Waals surface area contributed by atoms with E-state index in [4.69, 9.17) is 0 Å². The topological polar surface area (TPSA) is 0 Å². The maximum absolute atomic E-state index is 4.05. The monoisotopic (exact) mass is 262 g/mol. The van der Waals surface area contributed by atoms with Crippen LogP contribution in [0.4, 0.5) is 0 Å². The van der Waals surface area contributed by atoms with Crippen LogP contribution in [0.25, 0.3) is 0 Å². The summed E-state index contributed by atoms with van der Waals surface area (Å²) in [6.07, 6.45) is 1.12. The first-order chi connectivity index (χ1) is 5.83. The van der Waals surface area contributed by atoms with Crippen molar-refractivity contribution >= 4 is 62.3 Å². The highest BCUT2D eigenvalue weighted by Crippen LogP contribution is 1.99. The van der Waals surface area contributed by atoms with Gasteiger partial charge in [0.2, 0.25) is 0 Å². The second kappa shape index (κ2) is 18.5. The molecule has 0 unspecified atom stereocenters. The van der Waals surface area contributed by atoms with Crippen LogP contribution in [-0.4, -0.2) is 34.5 Å². The van der Waals surface area contributed by atoms with Gasteiger partial charge in [-0.15, -0.1) is 0 Å². The SMILES string of the molecule is SCCCS.SCCSCCS. The predicted octanol–water partition coefficient (Wildman–Crippen LogP) is 2.82. The number of thioether (sulfide) groups is 1. The molecular weight excluding hydrogens is 244 g/mol. The summed E-state index contributed by atoms with van der Waals surface area (Å²) in [5.74, 6) is 6.21. The molecule has 0 heterocycles. The van der Waals surface area contributed by atoms with Crippen molar-refractivity contribution in [2.24, 2.45) is 0 Å². The minimum absolute atomic E-state index is 0.962. The zero-order valence-corrected chi connectivity index (χ0v) is 11.5. The smallest absolute Gasteiger partial charge is 0.00213 e. The second-order valence-electron chi connectivity index (χ2n) is 1.86.